The molecule has 2 heterocycles. The van der Waals surface area contributed by atoms with Gasteiger partial charge in [-0.05, 0) is 42.8 Å². The van der Waals surface area contributed by atoms with E-state index in [-0.39, 0.29) is 11.9 Å². The minimum atomic E-state index is 0.0344. The maximum absolute atomic E-state index is 12.6. The van der Waals surface area contributed by atoms with Gasteiger partial charge in [-0.1, -0.05) is 18.2 Å². The molecule has 3 N–H and O–H groups in total. The van der Waals surface area contributed by atoms with E-state index in [1.54, 1.807) is 0 Å². The first-order chi connectivity index (χ1) is 10.7. The molecule has 4 nitrogen and oxygen atoms in total. The van der Waals surface area contributed by atoms with Crippen LogP contribution in [0, 0.1) is 0 Å². The molecule has 2 aliphatic rings. The van der Waals surface area contributed by atoms with Crippen LogP contribution in [0.25, 0.3) is 10.8 Å². The molecule has 0 aromatic heterocycles. The van der Waals surface area contributed by atoms with E-state index in [1.807, 2.05) is 37.4 Å². The zero-order valence-corrected chi connectivity index (χ0v) is 12.7. The maximum atomic E-state index is 12.6. The molecule has 2 aliphatic heterocycles. The molecular formula is C18H21N3O. The van der Waals surface area contributed by atoms with Crippen molar-refractivity contribution in [1.82, 2.24) is 10.6 Å². The molecule has 0 radical (unpaired) electrons. The van der Waals surface area contributed by atoms with E-state index in [0.717, 1.165) is 28.4 Å². The second-order valence-corrected chi connectivity index (χ2v) is 6.35. The number of rotatable bonds is 3. The van der Waals surface area contributed by atoms with Crippen LogP contribution in [0.5, 0.6) is 0 Å². The number of fused-ring (bicyclic) bond motifs is 3. The number of hydrogen-bond donors (Lipinski definition) is 3. The molecule has 2 bridgehead atoms. The summed E-state index contributed by atoms with van der Waals surface area (Å²) in [5.74, 6) is 0.0344. The first kappa shape index (κ1) is 13.6. The summed E-state index contributed by atoms with van der Waals surface area (Å²) in [6.45, 7) is 0. The highest BCUT2D eigenvalue weighted by Crippen LogP contribution is 2.29. The van der Waals surface area contributed by atoms with Crippen molar-refractivity contribution in [2.24, 2.45) is 0 Å². The lowest BCUT2D eigenvalue weighted by Crippen LogP contribution is -2.42. The number of anilines is 1. The molecule has 2 aromatic rings. The molecule has 4 heteroatoms. The summed E-state index contributed by atoms with van der Waals surface area (Å²) in [4.78, 5) is 12.6. The van der Waals surface area contributed by atoms with Crippen LogP contribution in [-0.2, 0) is 0 Å². The largest absolute Gasteiger partial charge is 0.388 e. The molecule has 3 atom stereocenters. The Hall–Kier alpha value is -2.07. The van der Waals surface area contributed by atoms with E-state index in [4.69, 9.17) is 0 Å². The van der Waals surface area contributed by atoms with Crippen molar-refractivity contribution < 1.29 is 4.79 Å². The molecule has 1 amide bonds. The number of carbonyl (C=O) groups is 1. The van der Waals surface area contributed by atoms with E-state index in [1.165, 1.54) is 12.8 Å². The summed E-state index contributed by atoms with van der Waals surface area (Å²) in [6.07, 6.45) is 3.49. The van der Waals surface area contributed by atoms with Crippen LogP contribution < -0.4 is 16.0 Å². The quantitative estimate of drug-likeness (QED) is 0.815. The molecule has 22 heavy (non-hydrogen) atoms. The molecule has 4 rings (SSSR count). The van der Waals surface area contributed by atoms with Gasteiger partial charge in [0, 0.05) is 41.8 Å². The minimum absolute atomic E-state index is 0.0344. The molecule has 2 saturated heterocycles. The lowest BCUT2D eigenvalue weighted by atomic mass is 9.95. The van der Waals surface area contributed by atoms with E-state index >= 15 is 0 Å². The lowest BCUT2D eigenvalue weighted by molar-refractivity contribution is 0.0931. The van der Waals surface area contributed by atoms with Crippen LogP contribution in [0.2, 0.25) is 0 Å². The topological polar surface area (TPSA) is 53.2 Å². The summed E-state index contributed by atoms with van der Waals surface area (Å²) in [5, 5.41) is 12.2. The van der Waals surface area contributed by atoms with Gasteiger partial charge in [-0.3, -0.25) is 4.79 Å². The van der Waals surface area contributed by atoms with Crippen LogP contribution in [0.15, 0.2) is 36.4 Å². The second kappa shape index (κ2) is 5.29. The molecule has 2 fully saturated rings. The molecule has 114 valence electrons. The Bertz CT molecular complexity index is 727. The Labute approximate surface area is 130 Å². The standard InChI is InChI=1S/C18H21N3O/c1-19-15-4-2-3-11-5-6-12(9-14(11)15)18(22)21-17-10-13-7-8-16(17)20-13/h2-6,9,13,16-17,19-20H,7-8,10H2,1H3,(H,21,22)/t13-,16+,17-/m1/s1. The third kappa shape index (κ3) is 2.24. The van der Waals surface area contributed by atoms with Crippen molar-refractivity contribution in [3.8, 4) is 0 Å². The third-order valence-electron chi connectivity index (χ3n) is 5.03. The summed E-state index contributed by atoms with van der Waals surface area (Å²) >= 11 is 0. The average molecular weight is 295 g/mol. The lowest BCUT2D eigenvalue weighted by Gasteiger charge is -2.21. The molecule has 2 aromatic carbocycles. The van der Waals surface area contributed by atoms with Gasteiger partial charge >= 0.3 is 0 Å². The van der Waals surface area contributed by atoms with Gasteiger partial charge in [-0.25, -0.2) is 0 Å². The van der Waals surface area contributed by atoms with Crippen LogP contribution in [0.3, 0.4) is 0 Å². The van der Waals surface area contributed by atoms with Gasteiger partial charge in [-0.2, -0.15) is 0 Å². The Morgan fingerprint density at radius 2 is 2.14 bits per heavy atom. The highest BCUT2D eigenvalue weighted by molar-refractivity contribution is 6.02. The van der Waals surface area contributed by atoms with Gasteiger partial charge in [-0.15, -0.1) is 0 Å². The first-order valence-electron chi connectivity index (χ1n) is 8.02. The summed E-state index contributed by atoms with van der Waals surface area (Å²) < 4.78 is 0. The molecule has 0 spiro atoms. The van der Waals surface area contributed by atoms with Gasteiger partial charge in [0.1, 0.15) is 0 Å². The molecular weight excluding hydrogens is 274 g/mol. The Morgan fingerprint density at radius 1 is 1.23 bits per heavy atom. The molecule has 0 aliphatic carbocycles. The van der Waals surface area contributed by atoms with Gasteiger partial charge in [0.05, 0.1) is 0 Å². The van der Waals surface area contributed by atoms with Crippen LogP contribution in [-0.4, -0.2) is 31.1 Å². The number of nitrogens with one attached hydrogen (secondary N) is 3. The smallest absolute Gasteiger partial charge is 0.251 e. The SMILES string of the molecule is CNc1cccc2ccc(C(=O)N[C@@H]3C[C@H]4CC[C@@H]3N4)cc12. The zero-order chi connectivity index (χ0) is 15.1. The Balaban J connectivity index is 1.59. The predicted molar refractivity (Wildman–Crippen MR) is 89.3 cm³/mol. The van der Waals surface area contributed by atoms with Crippen molar-refractivity contribution in [3.63, 3.8) is 0 Å². The Morgan fingerprint density at radius 3 is 2.86 bits per heavy atom. The van der Waals surface area contributed by atoms with Crippen LogP contribution in [0.1, 0.15) is 29.6 Å². The maximum Gasteiger partial charge on any atom is 0.251 e. The molecule has 0 saturated carbocycles. The van der Waals surface area contributed by atoms with E-state index in [0.29, 0.717) is 12.1 Å². The van der Waals surface area contributed by atoms with E-state index in [2.05, 4.69) is 22.0 Å². The van der Waals surface area contributed by atoms with Crippen molar-refractivity contribution >= 4 is 22.4 Å². The van der Waals surface area contributed by atoms with Crippen molar-refractivity contribution in [2.75, 3.05) is 12.4 Å². The van der Waals surface area contributed by atoms with Crippen LogP contribution >= 0.6 is 0 Å². The highest BCUT2D eigenvalue weighted by Gasteiger charge is 2.39. The van der Waals surface area contributed by atoms with Gasteiger partial charge in [0.15, 0.2) is 0 Å². The van der Waals surface area contributed by atoms with Gasteiger partial charge in [0.25, 0.3) is 5.91 Å². The fraction of sp³-hybridized carbons (Fsp3) is 0.389. The number of hydrogen-bond acceptors (Lipinski definition) is 3. The monoisotopic (exact) mass is 295 g/mol. The summed E-state index contributed by atoms with van der Waals surface area (Å²) in [6, 6.07) is 13.4. The fourth-order valence-corrected chi connectivity index (χ4v) is 3.87. The van der Waals surface area contributed by atoms with Crippen LogP contribution in [0.4, 0.5) is 5.69 Å². The first-order valence-corrected chi connectivity index (χ1v) is 8.02. The summed E-state index contributed by atoms with van der Waals surface area (Å²) in [7, 11) is 1.91. The van der Waals surface area contributed by atoms with Gasteiger partial charge < -0.3 is 16.0 Å². The fourth-order valence-electron chi connectivity index (χ4n) is 3.87. The predicted octanol–water partition coefficient (Wildman–Crippen LogP) is 2.50. The normalized spacial score (nSPS) is 26.3. The summed E-state index contributed by atoms with van der Waals surface area (Å²) in [5.41, 5.74) is 1.78. The number of carbonyl (C=O) groups excluding carboxylic acids is 1. The van der Waals surface area contributed by atoms with E-state index < -0.39 is 0 Å². The second-order valence-electron chi connectivity index (χ2n) is 6.35. The third-order valence-corrected chi connectivity index (χ3v) is 5.03. The average Bonchev–Trinajstić information content (AvgIpc) is 3.16. The van der Waals surface area contributed by atoms with E-state index in [9.17, 15) is 4.79 Å². The van der Waals surface area contributed by atoms with Crippen molar-refractivity contribution in [1.29, 1.82) is 0 Å². The van der Waals surface area contributed by atoms with Crippen molar-refractivity contribution in [2.45, 2.75) is 37.4 Å². The van der Waals surface area contributed by atoms with Crippen molar-refractivity contribution in [3.05, 3.63) is 42.0 Å². The van der Waals surface area contributed by atoms with Gasteiger partial charge in [0.2, 0.25) is 0 Å². The zero-order valence-electron chi connectivity index (χ0n) is 12.7. The molecule has 0 unspecified atom stereocenters. The number of amides is 1. The Kier molecular flexibility index (Phi) is 3.26. The highest BCUT2D eigenvalue weighted by atomic mass is 16.1. The number of benzene rings is 2. The minimum Gasteiger partial charge on any atom is -0.388 e.